The first-order valence-corrected chi connectivity index (χ1v) is 17.0. The number of aromatic amines is 1. The largest absolute Gasteiger partial charge is 0.345 e. The second-order valence-corrected chi connectivity index (χ2v) is 15.5. The van der Waals surface area contributed by atoms with E-state index in [-0.39, 0.29) is 16.8 Å². The highest BCUT2D eigenvalue weighted by Crippen LogP contribution is 2.35. The number of anilines is 1. The van der Waals surface area contributed by atoms with E-state index in [9.17, 15) is 21.6 Å². The zero-order chi connectivity index (χ0) is 30.0. The monoisotopic (exact) mass is 602 g/mol. The van der Waals surface area contributed by atoms with E-state index in [1.807, 2.05) is 45.0 Å². The van der Waals surface area contributed by atoms with Crippen molar-refractivity contribution in [1.29, 1.82) is 0 Å². The number of amides is 1. The van der Waals surface area contributed by atoms with Crippen LogP contribution in [-0.2, 0) is 31.1 Å². The van der Waals surface area contributed by atoms with Crippen LogP contribution in [0.15, 0.2) is 53.6 Å². The van der Waals surface area contributed by atoms with Gasteiger partial charge >= 0.3 is 0 Å². The van der Waals surface area contributed by atoms with Gasteiger partial charge < -0.3 is 4.98 Å². The van der Waals surface area contributed by atoms with Crippen LogP contribution in [0, 0.1) is 5.41 Å². The van der Waals surface area contributed by atoms with Crippen molar-refractivity contribution >= 4 is 48.4 Å². The van der Waals surface area contributed by atoms with E-state index in [0.717, 1.165) is 42.2 Å². The van der Waals surface area contributed by atoms with Crippen LogP contribution in [0.4, 0.5) is 5.69 Å². The van der Waals surface area contributed by atoms with Gasteiger partial charge in [-0.2, -0.15) is 0 Å². The minimum Gasteiger partial charge on any atom is -0.345 e. The van der Waals surface area contributed by atoms with Gasteiger partial charge in [-0.1, -0.05) is 51.1 Å². The average Bonchev–Trinajstić information content (AvgIpc) is 3.48. The smallest absolute Gasteiger partial charge is 0.267 e. The summed E-state index contributed by atoms with van der Waals surface area (Å²) in [6.07, 6.45) is 6.45. The fourth-order valence-corrected chi connectivity index (χ4v) is 8.12. The van der Waals surface area contributed by atoms with Gasteiger partial charge in [0.2, 0.25) is 10.0 Å². The molecule has 1 aliphatic rings. The van der Waals surface area contributed by atoms with Gasteiger partial charge in [0.15, 0.2) is 9.84 Å². The van der Waals surface area contributed by atoms with E-state index in [2.05, 4.69) is 14.6 Å². The molecule has 0 spiro atoms. The number of sulfone groups is 1. The third-order valence-electron chi connectivity index (χ3n) is 6.98. The summed E-state index contributed by atoms with van der Waals surface area (Å²) in [6.45, 7) is 7.20. The molecule has 10 nitrogen and oxygen atoms in total. The van der Waals surface area contributed by atoms with Crippen LogP contribution >= 0.6 is 0 Å². The van der Waals surface area contributed by atoms with Crippen LogP contribution < -0.4 is 10.2 Å². The molecule has 4 rings (SSSR count). The molecule has 0 bridgehead atoms. The van der Waals surface area contributed by atoms with Crippen LogP contribution in [0.5, 0.6) is 0 Å². The fraction of sp³-hybridized carbons (Fsp3) is 0.414. The maximum Gasteiger partial charge on any atom is 0.267 e. The third kappa shape index (κ3) is 7.97. The molecule has 0 aliphatic carbocycles. The van der Waals surface area contributed by atoms with Gasteiger partial charge in [-0.3, -0.25) is 19.6 Å². The number of carbonyl (C=O) groups excluding carboxylic acids is 1. The fourth-order valence-electron chi connectivity index (χ4n) is 5.43. The summed E-state index contributed by atoms with van der Waals surface area (Å²) in [7, 11) is -7.14. The van der Waals surface area contributed by atoms with Gasteiger partial charge in [0.25, 0.3) is 5.91 Å². The lowest BCUT2D eigenvalue weighted by Crippen LogP contribution is -2.26. The molecule has 3 aromatic rings. The molecular formula is C29H38N4O6S2. The minimum absolute atomic E-state index is 0.0264. The lowest BCUT2D eigenvalue weighted by atomic mass is 10.0. The number of hydroxylamine groups is 1. The Morgan fingerprint density at radius 1 is 1.12 bits per heavy atom. The standard InChI is InChI=1S/C29H38N4O6S2/c1-29(2,3)19-41(38,39)28-24(23-13-12-22(18-25(23)30-28)32-40(4,36)37)15-17-33-16-5-6-26(33)21-10-7-20(8-11-21)9-14-27(34)31-35/h7-14,18,26,30,32,35H,5-6,15-17,19H2,1-4H3,(H,31,34)/b14-9+. The van der Waals surface area contributed by atoms with E-state index >= 15 is 0 Å². The molecule has 1 saturated heterocycles. The van der Waals surface area contributed by atoms with E-state index < -0.39 is 31.2 Å². The Morgan fingerprint density at radius 2 is 1.83 bits per heavy atom. The number of benzene rings is 2. The Balaban J connectivity index is 1.61. The Morgan fingerprint density at radius 3 is 2.46 bits per heavy atom. The van der Waals surface area contributed by atoms with Crippen molar-refractivity contribution in [2.75, 3.05) is 29.8 Å². The average molecular weight is 603 g/mol. The number of nitrogens with zero attached hydrogens (tertiary/aromatic N) is 1. The van der Waals surface area contributed by atoms with Crippen LogP contribution in [0.2, 0.25) is 0 Å². The Bertz CT molecular complexity index is 1650. The van der Waals surface area contributed by atoms with Crippen molar-refractivity contribution in [1.82, 2.24) is 15.4 Å². The highest BCUT2D eigenvalue weighted by Gasteiger charge is 2.30. The van der Waals surface area contributed by atoms with Crippen molar-refractivity contribution in [3.63, 3.8) is 0 Å². The molecule has 1 aromatic heterocycles. The van der Waals surface area contributed by atoms with Crippen molar-refractivity contribution < 1.29 is 26.8 Å². The number of fused-ring (bicyclic) bond motifs is 1. The molecule has 1 fully saturated rings. The molecule has 222 valence electrons. The molecule has 2 heterocycles. The molecule has 1 aliphatic heterocycles. The lowest BCUT2D eigenvalue weighted by Gasteiger charge is -2.25. The maximum absolute atomic E-state index is 13.6. The van der Waals surface area contributed by atoms with Crippen LogP contribution in [0.25, 0.3) is 17.0 Å². The number of sulfonamides is 1. The van der Waals surface area contributed by atoms with Crippen molar-refractivity contribution in [2.24, 2.45) is 5.41 Å². The van der Waals surface area contributed by atoms with Crippen molar-refractivity contribution in [3.8, 4) is 0 Å². The number of aromatic nitrogens is 1. The van der Waals surface area contributed by atoms with E-state index in [1.54, 1.807) is 29.8 Å². The predicted octanol–water partition coefficient (Wildman–Crippen LogP) is 4.26. The van der Waals surface area contributed by atoms with E-state index in [4.69, 9.17) is 5.21 Å². The molecule has 1 atom stereocenters. The number of hydrogen-bond donors (Lipinski definition) is 4. The lowest BCUT2D eigenvalue weighted by molar-refractivity contribution is -0.124. The van der Waals surface area contributed by atoms with Gasteiger partial charge in [0.1, 0.15) is 5.03 Å². The number of carbonyl (C=O) groups is 1. The summed E-state index contributed by atoms with van der Waals surface area (Å²) < 4.78 is 53.1. The Kier molecular flexibility index (Phi) is 8.98. The number of nitrogens with one attached hydrogen (secondary N) is 3. The molecule has 2 aromatic carbocycles. The maximum atomic E-state index is 13.6. The second-order valence-electron chi connectivity index (χ2n) is 11.8. The normalized spacial score (nSPS) is 17.0. The van der Waals surface area contributed by atoms with E-state index in [0.29, 0.717) is 29.7 Å². The highest BCUT2D eigenvalue weighted by molar-refractivity contribution is 7.92. The first-order chi connectivity index (χ1) is 19.1. The van der Waals surface area contributed by atoms with Crippen molar-refractivity contribution in [3.05, 3.63) is 65.2 Å². The summed E-state index contributed by atoms with van der Waals surface area (Å²) in [5.41, 5.74) is 4.74. The van der Waals surface area contributed by atoms with Gasteiger partial charge in [-0.15, -0.1) is 0 Å². The van der Waals surface area contributed by atoms with Gasteiger partial charge in [0.05, 0.1) is 17.7 Å². The number of hydrogen-bond acceptors (Lipinski definition) is 7. The molecule has 0 radical (unpaired) electrons. The zero-order valence-corrected chi connectivity index (χ0v) is 25.4. The number of likely N-dealkylation sites (tertiary alicyclic amines) is 1. The molecule has 1 amide bonds. The summed E-state index contributed by atoms with van der Waals surface area (Å²) in [4.78, 5) is 16.7. The highest BCUT2D eigenvalue weighted by atomic mass is 32.2. The summed E-state index contributed by atoms with van der Waals surface area (Å²) in [5.74, 6) is -0.624. The molecule has 4 N–H and O–H groups in total. The molecular weight excluding hydrogens is 564 g/mol. The Labute approximate surface area is 241 Å². The van der Waals surface area contributed by atoms with Gasteiger partial charge in [-0.05, 0) is 66.1 Å². The zero-order valence-electron chi connectivity index (χ0n) is 23.8. The van der Waals surface area contributed by atoms with Gasteiger partial charge in [0, 0.05) is 29.6 Å². The van der Waals surface area contributed by atoms with Crippen molar-refractivity contribution in [2.45, 2.75) is 51.1 Å². The van der Waals surface area contributed by atoms with Crippen LogP contribution in [0.3, 0.4) is 0 Å². The topological polar surface area (TPSA) is 149 Å². The van der Waals surface area contributed by atoms with Crippen LogP contribution in [-0.4, -0.2) is 62.9 Å². The minimum atomic E-state index is -3.65. The number of H-pyrrole nitrogens is 1. The Hall–Kier alpha value is -3.19. The van der Waals surface area contributed by atoms with E-state index in [1.165, 1.54) is 6.08 Å². The quantitative estimate of drug-likeness (QED) is 0.154. The SMILES string of the molecule is CC(C)(C)CS(=O)(=O)c1[nH]c2cc(NS(C)(=O)=O)ccc2c1CCN1CCCC1c1ccc(/C=C/C(=O)NO)cc1. The van der Waals surface area contributed by atoms with Gasteiger partial charge in [-0.25, -0.2) is 22.3 Å². The summed E-state index contributed by atoms with van der Waals surface area (Å²) in [5, 5.41) is 9.61. The first kappa shape index (κ1) is 30.8. The molecule has 12 heteroatoms. The summed E-state index contributed by atoms with van der Waals surface area (Å²) >= 11 is 0. The third-order valence-corrected chi connectivity index (χ3v) is 9.80. The summed E-state index contributed by atoms with van der Waals surface area (Å²) in [6, 6.07) is 13.1. The number of rotatable bonds is 10. The molecule has 41 heavy (non-hydrogen) atoms. The molecule has 1 unspecified atom stereocenters. The second kappa shape index (κ2) is 12.0. The van der Waals surface area contributed by atoms with Crippen LogP contribution in [0.1, 0.15) is 56.3 Å². The first-order valence-electron chi connectivity index (χ1n) is 13.5. The molecule has 0 saturated carbocycles. The predicted molar refractivity (Wildman–Crippen MR) is 161 cm³/mol.